The fraction of sp³-hybridized carbons (Fsp3) is 0.111. The molecule has 3 rings (SSSR count). The standard InChI is InChI=1S/C18H15BrN2O2/c19-15-9-6-13(7-10-15)18-14(8-11-17(22)23)12-21(20-18)16-4-2-1-3-5-16/h1-7,9-10,12H,8,11H2,(H,22,23). The summed E-state index contributed by atoms with van der Waals surface area (Å²) >= 11 is 3.42. The minimum absolute atomic E-state index is 0.0873. The first kappa shape index (κ1) is 15.5. The fourth-order valence-electron chi connectivity index (χ4n) is 2.40. The predicted octanol–water partition coefficient (Wildman–Crippen LogP) is 4.32. The smallest absolute Gasteiger partial charge is 0.303 e. The van der Waals surface area contributed by atoms with E-state index in [0.29, 0.717) is 6.42 Å². The minimum Gasteiger partial charge on any atom is -0.481 e. The number of carbonyl (C=O) groups is 1. The molecule has 0 bridgehead atoms. The lowest BCUT2D eigenvalue weighted by molar-refractivity contribution is -0.136. The molecule has 0 aliphatic heterocycles. The maximum absolute atomic E-state index is 10.9. The van der Waals surface area contributed by atoms with Crippen LogP contribution >= 0.6 is 15.9 Å². The van der Waals surface area contributed by atoms with Crippen LogP contribution in [0.3, 0.4) is 0 Å². The van der Waals surface area contributed by atoms with E-state index in [2.05, 4.69) is 21.0 Å². The van der Waals surface area contributed by atoms with Crippen molar-refractivity contribution >= 4 is 21.9 Å². The molecule has 1 heterocycles. The predicted molar refractivity (Wildman–Crippen MR) is 92.7 cm³/mol. The molecule has 0 aliphatic rings. The topological polar surface area (TPSA) is 55.1 Å². The number of rotatable bonds is 5. The van der Waals surface area contributed by atoms with E-state index in [4.69, 9.17) is 5.11 Å². The molecule has 0 atom stereocenters. The van der Waals surface area contributed by atoms with Crippen molar-refractivity contribution in [2.24, 2.45) is 0 Å². The van der Waals surface area contributed by atoms with Crippen molar-refractivity contribution in [3.63, 3.8) is 0 Å². The molecule has 23 heavy (non-hydrogen) atoms. The van der Waals surface area contributed by atoms with Gasteiger partial charge in [-0.3, -0.25) is 4.79 Å². The van der Waals surface area contributed by atoms with Crippen LogP contribution in [0.5, 0.6) is 0 Å². The number of aryl methyl sites for hydroxylation is 1. The van der Waals surface area contributed by atoms with Crippen LogP contribution in [0.15, 0.2) is 65.3 Å². The Kier molecular flexibility index (Phi) is 4.57. The van der Waals surface area contributed by atoms with Gasteiger partial charge in [0, 0.05) is 22.7 Å². The third-order valence-electron chi connectivity index (χ3n) is 3.54. The van der Waals surface area contributed by atoms with Crippen molar-refractivity contribution in [3.8, 4) is 16.9 Å². The highest BCUT2D eigenvalue weighted by Crippen LogP contribution is 2.26. The van der Waals surface area contributed by atoms with Gasteiger partial charge in [-0.1, -0.05) is 46.3 Å². The first-order valence-corrected chi connectivity index (χ1v) is 8.04. The van der Waals surface area contributed by atoms with Gasteiger partial charge in [-0.15, -0.1) is 0 Å². The quantitative estimate of drug-likeness (QED) is 0.727. The van der Waals surface area contributed by atoms with Crippen molar-refractivity contribution in [3.05, 3.63) is 70.8 Å². The molecule has 116 valence electrons. The molecular weight excluding hydrogens is 356 g/mol. The van der Waals surface area contributed by atoms with Crippen molar-refractivity contribution in [1.29, 1.82) is 0 Å². The number of carboxylic acid groups (broad SMARTS) is 1. The van der Waals surface area contributed by atoms with Crippen molar-refractivity contribution in [1.82, 2.24) is 9.78 Å². The summed E-state index contributed by atoms with van der Waals surface area (Å²) < 4.78 is 2.80. The summed E-state index contributed by atoms with van der Waals surface area (Å²) in [5.74, 6) is -0.806. The molecule has 1 aromatic heterocycles. The Bertz CT molecular complexity index is 811. The first-order chi connectivity index (χ1) is 11.1. The van der Waals surface area contributed by atoms with Crippen LogP contribution in [0.25, 0.3) is 16.9 Å². The number of halogens is 1. The van der Waals surface area contributed by atoms with E-state index in [0.717, 1.165) is 27.0 Å². The van der Waals surface area contributed by atoms with Gasteiger partial charge in [0.25, 0.3) is 0 Å². The van der Waals surface area contributed by atoms with Crippen LogP contribution < -0.4 is 0 Å². The zero-order valence-electron chi connectivity index (χ0n) is 12.3. The highest BCUT2D eigenvalue weighted by molar-refractivity contribution is 9.10. The molecular formula is C18H15BrN2O2. The maximum atomic E-state index is 10.9. The molecule has 0 saturated carbocycles. The molecule has 4 nitrogen and oxygen atoms in total. The normalized spacial score (nSPS) is 10.7. The summed E-state index contributed by atoms with van der Waals surface area (Å²) in [7, 11) is 0. The van der Waals surface area contributed by atoms with Gasteiger partial charge < -0.3 is 5.11 Å². The van der Waals surface area contributed by atoms with Gasteiger partial charge in [0.2, 0.25) is 0 Å². The van der Waals surface area contributed by atoms with Crippen LogP contribution in [0.1, 0.15) is 12.0 Å². The third-order valence-corrected chi connectivity index (χ3v) is 4.07. The lowest BCUT2D eigenvalue weighted by Crippen LogP contribution is -1.97. The Labute approximate surface area is 142 Å². The molecule has 5 heteroatoms. The number of hydrogen-bond donors (Lipinski definition) is 1. The summed E-state index contributed by atoms with van der Waals surface area (Å²) in [6, 6.07) is 17.7. The minimum atomic E-state index is -0.806. The average Bonchev–Trinajstić information content (AvgIpc) is 2.99. The van der Waals surface area contributed by atoms with E-state index >= 15 is 0 Å². The third kappa shape index (κ3) is 3.68. The van der Waals surface area contributed by atoms with Crippen LogP contribution in [-0.2, 0) is 11.2 Å². The Morgan fingerprint density at radius 3 is 2.43 bits per heavy atom. The van der Waals surface area contributed by atoms with E-state index in [1.54, 1.807) is 4.68 Å². The van der Waals surface area contributed by atoms with E-state index in [1.165, 1.54) is 0 Å². The van der Waals surface area contributed by atoms with Gasteiger partial charge in [0.1, 0.15) is 0 Å². The number of hydrogen-bond acceptors (Lipinski definition) is 2. The van der Waals surface area contributed by atoms with Gasteiger partial charge in [-0.2, -0.15) is 5.10 Å². The van der Waals surface area contributed by atoms with Gasteiger partial charge >= 0.3 is 5.97 Å². The number of para-hydroxylation sites is 1. The van der Waals surface area contributed by atoms with Gasteiger partial charge in [-0.25, -0.2) is 4.68 Å². The Morgan fingerprint density at radius 2 is 1.78 bits per heavy atom. The molecule has 0 aliphatic carbocycles. The van der Waals surface area contributed by atoms with Crippen molar-refractivity contribution in [2.45, 2.75) is 12.8 Å². The Morgan fingerprint density at radius 1 is 1.09 bits per heavy atom. The van der Waals surface area contributed by atoms with Gasteiger partial charge in [0.05, 0.1) is 11.4 Å². The summed E-state index contributed by atoms with van der Waals surface area (Å²) in [6.07, 6.45) is 2.45. The molecule has 0 unspecified atom stereocenters. The van der Waals surface area contributed by atoms with Crippen LogP contribution in [0.4, 0.5) is 0 Å². The summed E-state index contributed by atoms with van der Waals surface area (Å²) in [4.78, 5) is 10.9. The number of carboxylic acids is 1. The summed E-state index contributed by atoms with van der Waals surface area (Å²) in [6.45, 7) is 0. The lowest BCUT2D eigenvalue weighted by Gasteiger charge is -2.01. The molecule has 1 N–H and O–H groups in total. The number of benzene rings is 2. The molecule has 0 radical (unpaired) electrons. The fourth-order valence-corrected chi connectivity index (χ4v) is 2.66. The number of nitrogens with zero attached hydrogens (tertiary/aromatic N) is 2. The van der Waals surface area contributed by atoms with E-state index in [1.807, 2.05) is 60.8 Å². The molecule has 0 spiro atoms. The van der Waals surface area contributed by atoms with Crippen molar-refractivity contribution in [2.75, 3.05) is 0 Å². The maximum Gasteiger partial charge on any atom is 0.303 e. The molecule has 0 amide bonds. The number of aromatic nitrogens is 2. The second kappa shape index (κ2) is 6.79. The van der Waals surface area contributed by atoms with Crippen LogP contribution in [-0.4, -0.2) is 20.9 Å². The zero-order valence-corrected chi connectivity index (χ0v) is 13.9. The second-order valence-corrected chi connectivity index (χ2v) is 6.10. The van der Waals surface area contributed by atoms with Crippen LogP contribution in [0, 0.1) is 0 Å². The highest BCUT2D eigenvalue weighted by Gasteiger charge is 2.13. The SMILES string of the molecule is O=C(O)CCc1cn(-c2ccccc2)nc1-c1ccc(Br)cc1. The largest absolute Gasteiger partial charge is 0.481 e. The molecule has 2 aromatic carbocycles. The molecule has 0 saturated heterocycles. The average molecular weight is 371 g/mol. The number of aliphatic carboxylic acids is 1. The lowest BCUT2D eigenvalue weighted by atomic mass is 10.0. The summed E-state index contributed by atoms with van der Waals surface area (Å²) in [5.41, 5.74) is 3.68. The van der Waals surface area contributed by atoms with E-state index in [9.17, 15) is 4.79 Å². The second-order valence-electron chi connectivity index (χ2n) is 5.18. The highest BCUT2D eigenvalue weighted by atomic mass is 79.9. The molecule has 3 aromatic rings. The molecule has 0 fully saturated rings. The zero-order chi connectivity index (χ0) is 16.2. The van der Waals surface area contributed by atoms with E-state index < -0.39 is 5.97 Å². The Balaban J connectivity index is 2.03. The van der Waals surface area contributed by atoms with Crippen molar-refractivity contribution < 1.29 is 9.90 Å². The first-order valence-electron chi connectivity index (χ1n) is 7.25. The van der Waals surface area contributed by atoms with E-state index in [-0.39, 0.29) is 6.42 Å². The van der Waals surface area contributed by atoms with Gasteiger partial charge in [0.15, 0.2) is 0 Å². The van der Waals surface area contributed by atoms with Crippen LogP contribution in [0.2, 0.25) is 0 Å². The Hall–Kier alpha value is -2.40. The van der Waals surface area contributed by atoms with Gasteiger partial charge in [-0.05, 0) is 36.2 Å². The monoisotopic (exact) mass is 370 g/mol. The summed E-state index contributed by atoms with van der Waals surface area (Å²) in [5, 5.41) is 13.6.